The molecule has 1 rings (SSSR count). The van der Waals surface area contributed by atoms with Gasteiger partial charge in [-0.15, -0.1) is 11.6 Å². The summed E-state index contributed by atoms with van der Waals surface area (Å²) in [5.74, 6) is -0.791. The Morgan fingerprint density at radius 3 is 2.88 bits per heavy atom. The summed E-state index contributed by atoms with van der Waals surface area (Å²) >= 11 is 5.87. The Hall–Kier alpha value is -1.09. The number of esters is 1. The summed E-state index contributed by atoms with van der Waals surface area (Å²) in [7, 11) is 0. The fourth-order valence-corrected chi connectivity index (χ4v) is 1.60. The van der Waals surface area contributed by atoms with Crippen LogP contribution < -0.4 is 0 Å². The van der Waals surface area contributed by atoms with Crippen LogP contribution in [-0.2, 0) is 16.0 Å². The summed E-state index contributed by atoms with van der Waals surface area (Å²) in [6, 6.07) is 4.44. The molecule has 88 valence electrons. The van der Waals surface area contributed by atoms with Crippen molar-refractivity contribution in [2.75, 3.05) is 6.61 Å². The maximum atomic E-state index is 13.0. The van der Waals surface area contributed by atoms with E-state index in [1.807, 2.05) is 6.92 Å². The number of halogens is 2. The standard InChI is InChI=1S/C12H14ClFO2/c1-3-16-12(15)11(13)7-9-6-10(14)5-4-8(9)2/h4-6,11H,3,7H2,1-2H3. The lowest BCUT2D eigenvalue weighted by Crippen LogP contribution is -2.20. The van der Waals surface area contributed by atoms with E-state index < -0.39 is 11.3 Å². The molecule has 0 aromatic heterocycles. The van der Waals surface area contributed by atoms with Crippen LogP contribution in [0.3, 0.4) is 0 Å². The van der Waals surface area contributed by atoms with Crippen LogP contribution in [-0.4, -0.2) is 18.0 Å². The van der Waals surface area contributed by atoms with Gasteiger partial charge in [0.15, 0.2) is 0 Å². The number of hydrogen-bond donors (Lipinski definition) is 0. The predicted octanol–water partition coefficient (Wildman–Crippen LogP) is 2.85. The highest BCUT2D eigenvalue weighted by atomic mass is 35.5. The van der Waals surface area contributed by atoms with Crippen molar-refractivity contribution in [3.05, 3.63) is 35.1 Å². The minimum Gasteiger partial charge on any atom is -0.465 e. The molecule has 2 nitrogen and oxygen atoms in total. The summed E-state index contributed by atoms with van der Waals surface area (Å²) in [6.07, 6.45) is 0.282. The van der Waals surface area contributed by atoms with Crippen molar-refractivity contribution in [1.82, 2.24) is 0 Å². The van der Waals surface area contributed by atoms with Crippen molar-refractivity contribution < 1.29 is 13.9 Å². The summed E-state index contributed by atoms with van der Waals surface area (Å²) in [6.45, 7) is 3.86. The number of carbonyl (C=O) groups excluding carboxylic acids is 1. The summed E-state index contributed by atoms with van der Waals surface area (Å²) in [5, 5.41) is -0.763. The second kappa shape index (κ2) is 5.85. The summed E-state index contributed by atoms with van der Waals surface area (Å²) in [5.41, 5.74) is 1.64. The Balaban J connectivity index is 2.72. The number of hydrogen-bond acceptors (Lipinski definition) is 2. The fourth-order valence-electron chi connectivity index (χ4n) is 1.37. The molecule has 1 aromatic carbocycles. The normalized spacial score (nSPS) is 12.2. The Bertz CT molecular complexity index is 379. The van der Waals surface area contributed by atoms with Gasteiger partial charge in [-0.25, -0.2) is 4.39 Å². The maximum Gasteiger partial charge on any atom is 0.324 e. The van der Waals surface area contributed by atoms with Gasteiger partial charge in [-0.1, -0.05) is 6.07 Å². The highest BCUT2D eigenvalue weighted by Crippen LogP contribution is 2.15. The first-order chi connectivity index (χ1) is 7.54. The fraction of sp³-hybridized carbons (Fsp3) is 0.417. The Kier molecular flexibility index (Phi) is 4.74. The van der Waals surface area contributed by atoms with Crippen LogP contribution in [0.5, 0.6) is 0 Å². The van der Waals surface area contributed by atoms with Crippen molar-refractivity contribution in [3.63, 3.8) is 0 Å². The van der Waals surface area contributed by atoms with Gasteiger partial charge in [-0.05, 0) is 43.5 Å². The zero-order valence-electron chi connectivity index (χ0n) is 9.30. The van der Waals surface area contributed by atoms with E-state index in [-0.39, 0.29) is 12.2 Å². The van der Waals surface area contributed by atoms with Crippen LogP contribution in [0, 0.1) is 12.7 Å². The van der Waals surface area contributed by atoms with Gasteiger partial charge in [0.25, 0.3) is 0 Å². The van der Waals surface area contributed by atoms with E-state index in [0.29, 0.717) is 6.61 Å². The first-order valence-corrected chi connectivity index (χ1v) is 5.54. The van der Waals surface area contributed by atoms with E-state index in [0.717, 1.165) is 11.1 Å². The first-order valence-electron chi connectivity index (χ1n) is 5.10. The molecule has 0 aliphatic carbocycles. The third kappa shape index (κ3) is 3.49. The maximum absolute atomic E-state index is 13.0. The summed E-state index contributed by atoms with van der Waals surface area (Å²) < 4.78 is 17.8. The zero-order chi connectivity index (χ0) is 12.1. The number of ether oxygens (including phenoxy) is 1. The molecule has 0 aliphatic rings. The second-order valence-corrected chi connectivity index (χ2v) is 4.02. The minimum atomic E-state index is -0.763. The Labute approximate surface area is 99.4 Å². The molecule has 0 heterocycles. The van der Waals surface area contributed by atoms with E-state index in [2.05, 4.69) is 0 Å². The first kappa shape index (κ1) is 13.0. The molecule has 4 heteroatoms. The molecule has 0 fully saturated rings. The van der Waals surface area contributed by atoms with Crippen molar-refractivity contribution in [3.8, 4) is 0 Å². The average Bonchev–Trinajstić information content (AvgIpc) is 2.23. The lowest BCUT2D eigenvalue weighted by molar-refractivity contribution is -0.142. The number of carbonyl (C=O) groups is 1. The lowest BCUT2D eigenvalue weighted by Gasteiger charge is -2.10. The second-order valence-electron chi connectivity index (χ2n) is 3.49. The van der Waals surface area contributed by atoms with Crippen molar-refractivity contribution in [1.29, 1.82) is 0 Å². The van der Waals surface area contributed by atoms with Crippen LogP contribution in [0.25, 0.3) is 0 Å². The molecule has 0 saturated carbocycles. The number of rotatable bonds is 4. The smallest absolute Gasteiger partial charge is 0.324 e. The Morgan fingerprint density at radius 1 is 1.56 bits per heavy atom. The largest absolute Gasteiger partial charge is 0.465 e. The molecule has 1 unspecified atom stereocenters. The van der Waals surface area contributed by atoms with Crippen LogP contribution in [0.15, 0.2) is 18.2 Å². The van der Waals surface area contributed by atoms with Crippen molar-refractivity contribution >= 4 is 17.6 Å². The molecule has 0 bridgehead atoms. The molecule has 0 radical (unpaired) electrons. The molecule has 0 aliphatic heterocycles. The molecule has 16 heavy (non-hydrogen) atoms. The third-order valence-corrected chi connectivity index (χ3v) is 2.59. The third-order valence-electron chi connectivity index (χ3n) is 2.25. The zero-order valence-corrected chi connectivity index (χ0v) is 10.1. The highest BCUT2D eigenvalue weighted by Gasteiger charge is 2.18. The molecule has 1 atom stereocenters. The molecular weight excluding hydrogens is 231 g/mol. The molecule has 1 aromatic rings. The van der Waals surface area contributed by atoms with Crippen molar-refractivity contribution in [2.24, 2.45) is 0 Å². The monoisotopic (exact) mass is 244 g/mol. The quantitative estimate of drug-likeness (QED) is 0.601. The van der Waals surface area contributed by atoms with Crippen LogP contribution in [0.4, 0.5) is 4.39 Å². The van der Waals surface area contributed by atoms with Gasteiger partial charge < -0.3 is 4.74 Å². The van der Waals surface area contributed by atoms with Gasteiger partial charge in [0.2, 0.25) is 0 Å². The van der Waals surface area contributed by atoms with Crippen LogP contribution in [0.2, 0.25) is 0 Å². The van der Waals surface area contributed by atoms with Crippen LogP contribution >= 0.6 is 11.6 Å². The van der Waals surface area contributed by atoms with Gasteiger partial charge in [0, 0.05) is 0 Å². The minimum absolute atomic E-state index is 0.282. The highest BCUT2D eigenvalue weighted by molar-refractivity contribution is 6.30. The van der Waals surface area contributed by atoms with E-state index >= 15 is 0 Å². The molecule has 0 amide bonds. The Morgan fingerprint density at radius 2 is 2.25 bits per heavy atom. The molecular formula is C12H14ClFO2. The van der Waals surface area contributed by atoms with E-state index in [1.165, 1.54) is 12.1 Å². The van der Waals surface area contributed by atoms with E-state index in [9.17, 15) is 9.18 Å². The number of aryl methyl sites for hydroxylation is 1. The molecule has 0 spiro atoms. The van der Waals surface area contributed by atoms with Crippen molar-refractivity contribution in [2.45, 2.75) is 25.6 Å². The van der Waals surface area contributed by atoms with Gasteiger partial charge in [0.05, 0.1) is 6.61 Å². The molecule has 0 N–H and O–H groups in total. The van der Waals surface area contributed by atoms with E-state index in [4.69, 9.17) is 16.3 Å². The predicted molar refractivity (Wildman–Crippen MR) is 61.1 cm³/mol. The number of alkyl halides is 1. The van der Waals surface area contributed by atoms with Gasteiger partial charge in [-0.2, -0.15) is 0 Å². The van der Waals surface area contributed by atoms with Gasteiger partial charge >= 0.3 is 5.97 Å². The summed E-state index contributed by atoms with van der Waals surface area (Å²) in [4.78, 5) is 11.3. The lowest BCUT2D eigenvalue weighted by atomic mass is 10.0. The number of benzene rings is 1. The van der Waals surface area contributed by atoms with Gasteiger partial charge in [0.1, 0.15) is 11.2 Å². The van der Waals surface area contributed by atoms with Gasteiger partial charge in [-0.3, -0.25) is 4.79 Å². The SMILES string of the molecule is CCOC(=O)C(Cl)Cc1cc(F)ccc1C. The van der Waals surface area contributed by atoms with E-state index in [1.54, 1.807) is 13.0 Å². The average molecular weight is 245 g/mol. The molecule has 0 saturated heterocycles. The topological polar surface area (TPSA) is 26.3 Å². The van der Waals surface area contributed by atoms with Crippen LogP contribution in [0.1, 0.15) is 18.1 Å².